The monoisotopic (exact) mass is 488 g/mol. The maximum atomic E-state index is 8.65. The Labute approximate surface area is 212 Å². The van der Waals surface area contributed by atoms with Crippen molar-refractivity contribution < 1.29 is 9.47 Å². The third-order valence-corrected chi connectivity index (χ3v) is 7.86. The van der Waals surface area contributed by atoms with Gasteiger partial charge in [0.15, 0.2) is 11.5 Å². The van der Waals surface area contributed by atoms with E-state index in [-0.39, 0.29) is 5.41 Å². The highest BCUT2D eigenvalue weighted by atomic mass is 16.5. The second kappa shape index (κ2) is 9.84. The van der Waals surface area contributed by atoms with Gasteiger partial charge in [-0.15, -0.1) is 0 Å². The van der Waals surface area contributed by atoms with Gasteiger partial charge in [0.25, 0.3) is 0 Å². The fraction of sp³-hybridized carbons (Fsp3) is 0.464. The highest BCUT2D eigenvalue weighted by molar-refractivity contribution is 5.95. The molecule has 2 aromatic carbocycles. The zero-order chi connectivity index (χ0) is 25.3. The normalized spacial score (nSPS) is 17.1. The zero-order valence-corrected chi connectivity index (χ0v) is 21.4. The molecule has 1 saturated heterocycles. The smallest absolute Gasteiger partial charge is 0.224 e. The second-order valence-electron chi connectivity index (χ2n) is 10.1. The van der Waals surface area contributed by atoms with Crippen molar-refractivity contribution in [1.82, 2.24) is 14.9 Å². The highest BCUT2D eigenvalue weighted by Crippen LogP contribution is 2.46. The summed E-state index contributed by atoms with van der Waals surface area (Å²) in [7, 11) is 5.10. The molecule has 2 fully saturated rings. The van der Waals surface area contributed by atoms with Gasteiger partial charge in [0.2, 0.25) is 5.95 Å². The first-order valence-corrected chi connectivity index (χ1v) is 12.7. The average Bonchev–Trinajstić information content (AvgIpc) is 3.72. The summed E-state index contributed by atoms with van der Waals surface area (Å²) in [6, 6.07) is 12.6. The molecule has 2 aliphatic rings. The Morgan fingerprint density at radius 3 is 2.47 bits per heavy atom. The number of nitrogens with zero attached hydrogens (tertiary/aromatic N) is 3. The predicted molar refractivity (Wildman–Crippen MR) is 144 cm³/mol. The molecule has 3 aromatic rings. The number of piperidine rings is 1. The van der Waals surface area contributed by atoms with Crippen molar-refractivity contribution in [3.8, 4) is 11.5 Å². The summed E-state index contributed by atoms with van der Waals surface area (Å²) in [6.45, 7) is 1.72. The first-order chi connectivity index (χ1) is 17.5. The summed E-state index contributed by atoms with van der Waals surface area (Å²) in [4.78, 5) is 11.4. The fourth-order valence-corrected chi connectivity index (χ4v) is 5.64. The van der Waals surface area contributed by atoms with E-state index < -0.39 is 0 Å². The van der Waals surface area contributed by atoms with Gasteiger partial charge in [-0.2, -0.15) is 4.98 Å². The Hall–Kier alpha value is -3.55. The highest BCUT2D eigenvalue weighted by Gasteiger charge is 2.39. The van der Waals surface area contributed by atoms with Crippen LogP contribution in [-0.4, -0.2) is 55.1 Å². The molecule has 8 nitrogen and oxygen atoms in total. The molecule has 1 aromatic heterocycles. The molecular weight excluding hydrogens is 452 g/mol. The summed E-state index contributed by atoms with van der Waals surface area (Å²) in [6.07, 6.45) is 6.03. The van der Waals surface area contributed by atoms with E-state index in [2.05, 4.69) is 50.5 Å². The number of likely N-dealkylation sites (tertiary alicyclic amines) is 1. The number of nitrogen functional groups attached to an aromatic ring is 1. The SMILES string of the molecule is CNc1nc(N)c2c(CC3(c4ccccc4)CCN(C(=N)CC4CC4)CC3)c(OC)c(OC)cc2n1. The van der Waals surface area contributed by atoms with Crippen LogP contribution >= 0.6 is 0 Å². The van der Waals surface area contributed by atoms with Crippen LogP contribution in [0.25, 0.3) is 10.9 Å². The standard InChI is InChI=1S/C28H36N6O2/c1-31-27-32-21-16-22(35-2)25(36-3)20(24(21)26(30)33-27)17-28(19-7-5-4-6-8-19)11-13-34(14-12-28)23(29)15-18-9-10-18/h4-8,16,18,29H,9-15,17H2,1-3H3,(H3,30,31,32,33). The van der Waals surface area contributed by atoms with Crippen molar-refractivity contribution in [3.63, 3.8) is 0 Å². The lowest BCUT2D eigenvalue weighted by Crippen LogP contribution is -2.46. The van der Waals surface area contributed by atoms with Crippen LogP contribution in [0.4, 0.5) is 11.8 Å². The first kappa shape index (κ1) is 24.2. The molecular formula is C28H36N6O2. The van der Waals surface area contributed by atoms with Gasteiger partial charge in [-0.05, 0) is 43.6 Å². The molecule has 0 radical (unpaired) electrons. The molecule has 0 amide bonds. The molecule has 0 unspecified atom stereocenters. The maximum absolute atomic E-state index is 8.65. The van der Waals surface area contributed by atoms with Crippen LogP contribution in [0.2, 0.25) is 0 Å². The van der Waals surface area contributed by atoms with E-state index in [1.807, 2.05) is 6.07 Å². The Balaban J connectivity index is 1.58. The van der Waals surface area contributed by atoms with Crippen LogP contribution in [0.5, 0.6) is 11.5 Å². The van der Waals surface area contributed by atoms with Crippen LogP contribution in [0.3, 0.4) is 0 Å². The van der Waals surface area contributed by atoms with E-state index in [1.165, 1.54) is 18.4 Å². The van der Waals surface area contributed by atoms with Gasteiger partial charge < -0.3 is 25.4 Å². The van der Waals surface area contributed by atoms with Crippen molar-refractivity contribution in [2.75, 3.05) is 45.4 Å². The fourth-order valence-electron chi connectivity index (χ4n) is 5.64. The van der Waals surface area contributed by atoms with Gasteiger partial charge in [-0.25, -0.2) is 4.98 Å². The number of hydrogen-bond donors (Lipinski definition) is 3. The molecule has 1 aliphatic carbocycles. The number of hydrogen-bond acceptors (Lipinski definition) is 7. The molecule has 2 heterocycles. The number of nitrogens with one attached hydrogen (secondary N) is 2. The maximum Gasteiger partial charge on any atom is 0.224 e. The number of anilines is 2. The van der Waals surface area contributed by atoms with Crippen LogP contribution in [0.1, 0.15) is 43.2 Å². The van der Waals surface area contributed by atoms with Crippen LogP contribution < -0.4 is 20.5 Å². The first-order valence-electron chi connectivity index (χ1n) is 12.7. The molecule has 0 bridgehead atoms. The van der Waals surface area contributed by atoms with Crippen molar-refractivity contribution in [2.45, 2.75) is 43.9 Å². The number of methoxy groups -OCH3 is 2. The molecule has 36 heavy (non-hydrogen) atoms. The lowest BCUT2D eigenvalue weighted by Gasteiger charge is -2.44. The predicted octanol–water partition coefficient (Wildman–Crippen LogP) is 4.62. The van der Waals surface area contributed by atoms with Crippen molar-refractivity contribution in [1.29, 1.82) is 5.41 Å². The van der Waals surface area contributed by atoms with Gasteiger partial charge in [0.1, 0.15) is 5.82 Å². The molecule has 1 aliphatic heterocycles. The second-order valence-corrected chi connectivity index (χ2v) is 10.1. The van der Waals surface area contributed by atoms with Gasteiger partial charge in [-0.3, -0.25) is 5.41 Å². The van der Waals surface area contributed by atoms with Crippen LogP contribution in [0, 0.1) is 11.3 Å². The Morgan fingerprint density at radius 2 is 1.86 bits per heavy atom. The van der Waals surface area contributed by atoms with Crippen molar-refractivity contribution in [3.05, 3.63) is 47.5 Å². The largest absolute Gasteiger partial charge is 0.493 e. The summed E-state index contributed by atoms with van der Waals surface area (Å²) in [5.41, 5.74) is 9.38. The molecule has 5 rings (SSSR count). The molecule has 190 valence electrons. The summed E-state index contributed by atoms with van der Waals surface area (Å²) < 4.78 is 11.7. The molecule has 4 N–H and O–H groups in total. The van der Waals surface area contributed by atoms with E-state index in [9.17, 15) is 0 Å². The number of aromatic nitrogens is 2. The topological polar surface area (TPSA) is 109 Å². The van der Waals surface area contributed by atoms with Gasteiger partial charge in [0.05, 0.1) is 25.6 Å². The number of benzene rings is 2. The Kier molecular flexibility index (Phi) is 6.60. The number of ether oxygens (including phenoxy) is 2. The van der Waals surface area contributed by atoms with Crippen molar-refractivity contribution >= 4 is 28.5 Å². The van der Waals surface area contributed by atoms with Crippen LogP contribution in [0.15, 0.2) is 36.4 Å². The Morgan fingerprint density at radius 1 is 1.14 bits per heavy atom. The number of rotatable bonds is 8. The van der Waals surface area contributed by atoms with Crippen molar-refractivity contribution in [2.24, 2.45) is 5.92 Å². The van der Waals surface area contributed by atoms with E-state index in [1.54, 1.807) is 21.3 Å². The van der Waals surface area contributed by atoms with E-state index >= 15 is 0 Å². The lowest BCUT2D eigenvalue weighted by molar-refractivity contribution is 0.218. The average molecular weight is 489 g/mol. The molecule has 0 spiro atoms. The summed E-state index contributed by atoms with van der Waals surface area (Å²) in [5.74, 6) is 3.71. The van der Waals surface area contributed by atoms with E-state index in [0.29, 0.717) is 29.7 Å². The number of fused-ring (bicyclic) bond motifs is 1. The van der Waals surface area contributed by atoms with E-state index in [0.717, 1.165) is 60.6 Å². The molecule has 8 heteroatoms. The third kappa shape index (κ3) is 4.52. The minimum atomic E-state index is -0.141. The minimum Gasteiger partial charge on any atom is -0.493 e. The summed E-state index contributed by atoms with van der Waals surface area (Å²) >= 11 is 0. The van der Waals surface area contributed by atoms with Gasteiger partial charge in [-0.1, -0.05) is 30.3 Å². The van der Waals surface area contributed by atoms with Gasteiger partial charge >= 0.3 is 0 Å². The molecule has 1 saturated carbocycles. The number of nitrogens with two attached hydrogens (primary N) is 1. The lowest BCUT2D eigenvalue weighted by atomic mass is 9.68. The van der Waals surface area contributed by atoms with Crippen LogP contribution in [-0.2, 0) is 11.8 Å². The quantitative estimate of drug-likeness (QED) is 0.313. The summed E-state index contributed by atoms with van der Waals surface area (Å²) in [5, 5.41) is 12.5. The minimum absolute atomic E-state index is 0.141. The third-order valence-electron chi connectivity index (χ3n) is 7.86. The zero-order valence-electron chi connectivity index (χ0n) is 21.4. The van der Waals surface area contributed by atoms with Gasteiger partial charge in [0, 0.05) is 49.0 Å². The number of amidine groups is 1. The Bertz CT molecular complexity index is 1250. The van der Waals surface area contributed by atoms with E-state index in [4.69, 9.17) is 20.6 Å². The molecule has 0 atom stereocenters.